The summed E-state index contributed by atoms with van der Waals surface area (Å²) in [4.78, 5) is 23.4. The second-order valence-corrected chi connectivity index (χ2v) is 5.96. The van der Waals surface area contributed by atoms with E-state index in [4.69, 9.17) is 11.6 Å². The van der Waals surface area contributed by atoms with E-state index in [1.54, 1.807) is 10.7 Å². The van der Waals surface area contributed by atoms with Crippen molar-refractivity contribution in [3.05, 3.63) is 41.2 Å². The summed E-state index contributed by atoms with van der Waals surface area (Å²) in [5.41, 5.74) is 4.37. The largest absolute Gasteiger partial charge is 0.452 e. The molecule has 0 aliphatic carbocycles. The summed E-state index contributed by atoms with van der Waals surface area (Å²) >= 11 is 6.25. The molecule has 9 heteroatoms. The molecule has 1 aromatic carbocycles. The lowest BCUT2D eigenvalue weighted by Gasteiger charge is -2.18. The lowest BCUT2D eigenvalue weighted by atomic mass is 10.1. The van der Waals surface area contributed by atoms with E-state index in [0.717, 1.165) is 10.7 Å². The molecule has 0 aliphatic heterocycles. The van der Waals surface area contributed by atoms with Crippen LogP contribution < -0.4 is 10.7 Å². The average Bonchev–Trinajstić information content (AvgIpc) is 2.97. The van der Waals surface area contributed by atoms with Crippen LogP contribution in [0.15, 0.2) is 30.5 Å². The SMILES string of the molecule is COC(=O)N(C)NC(=O)Nc1cnn(-c2ccccc2Cl)c1C(C)C. The van der Waals surface area contributed by atoms with E-state index in [9.17, 15) is 9.59 Å². The van der Waals surface area contributed by atoms with Crippen LogP contribution in [0.2, 0.25) is 5.02 Å². The Kier molecular flexibility index (Phi) is 5.87. The highest BCUT2D eigenvalue weighted by atomic mass is 35.5. The minimum absolute atomic E-state index is 0.0624. The number of nitrogens with zero attached hydrogens (tertiary/aromatic N) is 3. The number of hydrogen-bond donors (Lipinski definition) is 2. The first-order valence-electron chi connectivity index (χ1n) is 7.57. The quantitative estimate of drug-likeness (QED) is 0.816. The van der Waals surface area contributed by atoms with Gasteiger partial charge in [-0.15, -0.1) is 0 Å². The van der Waals surface area contributed by atoms with Gasteiger partial charge in [0.1, 0.15) is 0 Å². The summed E-state index contributed by atoms with van der Waals surface area (Å²) in [5.74, 6) is 0.0624. The maximum absolute atomic E-state index is 12.1. The van der Waals surface area contributed by atoms with E-state index in [1.165, 1.54) is 20.4 Å². The van der Waals surface area contributed by atoms with Crippen LogP contribution in [0, 0.1) is 0 Å². The number of aromatic nitrogens is 2. The number of hydrogen-bond acceptors (Lipinski definition) is 4. The van der Waals surface area contributed by atoms with Crippen molar-refractivity contribution in [2.45, 2.75) is 19.8 Å². The van der Waals surface area contributed by atoms with Gasteiger partial charge in [0.05, 0.1) is 35.4 Å². The predicted octanol–water partition coefficient (Wildman–Crippen LogP) is 3.38. The number of hydrazine groups is 1. The molecule has 0 saturated carbocycles. The number of nitrogens with one attached hydrogen (secondary N) is 2. The summed E-state index contributed by atoms with van der Waals surface area (Å²) < 4.78 is 6.20. The molecule has 25 heavy (non-hydrogen) atoms. The smallest absolute Gasteiger partial charge is 0.428 e. The van der Waals surface area contributed by atoms with Crippen LogP contribution in [0.3, 0.4) is 0 Å². The van der Waals surface area contributed by atoms with Crippen molar-refractivity contribution in [3.63, 3.8) is 0 Å². The molecule has 0 radical (unpaired) electrons. The molecule has 3 amide bonds. The van der Waals surface area contributed by atoms with Crippen LogP contribution in [0.5, 0.6) is 0 Å². The number of methoxy groups -OCH3 is 1. The number of amides is 3. The molecule has 0 fully saturated rings. The van der Waals surface area contributed by atoms with Crippen LogP contribution in [-0.2, 0) is 4.74 Å². The van der Waals surface area contributed by atoms with Crippen molar-refractivity contribution in [2.75, 3.05) is 19.5 Å². The van der Waals surface area contributed by atoms with Crippen LogP contribution >= 0.6 is 11.6 Å². The van der Waals surface area contributed by atoms with E-state index >= 15 is 0 Å². The Hall–Kier alpha value is -2.74. The lowest BCUT2D eigenvalue weighted by molar-refractivity contribution is 0.119. The molecule has 134 valence electrons. The van der Waals surface area contributed by atoms with E-state index in [2.05, 4.69) is 20.6 Å². The summed E-state index contributed by atoms with van der Waals surface area (Å²) in [6.07, 6.45) is 0.849. The van der Waals surface area contributed by atoms with Crippen molar-refractivity contribution in [1.29, 1.82) is 0 Å². The molecular formula is C16H20ClN5O3. The number of carbonyl (C=O) groups is 2. The molecule has 2 N–H and O–H groups in total. The van der Waals surface area contributed by atoms with Crippen molar-refractivity contribution in [1.82, 2.24) is 20.2 Å². The van der Waals surface area contributed by atoms with Crippen molar-refractivity contribution in [2.24, 2.45) is 0 Å². The number of para-hydroxylation sites is 1. The van der Waals surface area contributed by atoms with Crippen LogP contribution in [0.4, 0.5) is 15.3 Å². The van der Waals surface area contributed by atoms with Crippen molar-refractivity contribution in [3.8, 4) is 5.69 Å². The van der Waals surface area contributed by atoms with Gasteiger partial charge in [-0.1, -0.05) is 37.6 Å². The molecule has 1 heterocycles. The first-order chi connectivity index (χ1) is 11.8. The van der Waals surface area contributed by atoms with Gasteiger partial charge in [-0.05, 0) is 18.1 Å². The molecule has 2 aromatic rings. The van der Waals surface area contributed by atoms with Gasteiger partial charge < -0.3 is 10.1 Å². The summed E-state index contributed by atoms with van der Waals surface area (Å²) in [5, 5.41) is 8.51. The molecule has 0 saturated heterocycles. The second kappa shape index (κ2) is 7.89. The standard InChI is InChI=1S/C16H20ClN5O3/c1-10(2)14-12(19-15(23)20-21(3)16(24)25-4)9-18-22(14)13-8-6-5-7-11(13)17/h5-10H,1-4H3,(H2,19,20,23). The van der Waals surface area contributed by atoms with Gasteiger partial charge in [-0.25, -0.2) is 24.7 Å². The minimum atomic E-state index is -0.689. The molecule has 8 nitrogen and oxygen atoms in total. The fraction of sp³-hybridized carbons (Fsp3) is 0.312. The summed E-state index contributed by atoms with van der Waals surface area (Å²) in [7, 11) is 2.60. The van der Waals surface area contributed by atoms with Gasteiger partial charge in [-0.3, -0.25) is 0 Å². The third kappa shape index (κ3) is 4.21. The minimum Gasteiger partial charge on any atom is -0.452 e. The normalized spacial score (nSPS) is 10.5. The van der Waals surface area contributed by atoms with Gasteiger partial charge in [0.15, 0.2) is 0 Å². The molecule has 0 unspecified atom stereocenters. The first kappa shape index (κ1) is 18.6. The Bertz CT molecular complexity index is 775. The average molecular weight is 366 g/mol. The molecule has 0 aliphatic rings. The second-order valence-electron chi connectivity index (χ2n) is 5.56. The fourth-order valence-corrected chi connectivity index (χ4v) is 2.53. The van der Waals surface area contributed by atoms with Crippen molar-refractivity contribution < 1.29 is 14.3 Å². The van der Waals surface area contributed by atoms with E-state index in [1.807, 2.05) is 32.0 Å². The van der Waals surface area contributed by atoms with Gasteiger partial charge >= 0.3 is 12.1 Å². The van der Waals surface area contributed by atoms with Crippen LogP contribution in [0.1, 0.15) is 25.5 Å². The molecule has 2 rings (SSSR count). The number of carbonyl (C=O) groups excluding carboxylic acids is 2. The Morgan fingerprint density at radius 3 is 2.60 bits per heavy atom. The third-order valence-electron chi connectivity index (χ3n) is 3.40. The number of benzene rings is 1. The lowest BCUT2D eigenvalue weighted by Crippen LogP contribution is -2.45. The number of anilines is 1. The topological polar surface area (TPSA) is 88.5 Å². The predicted molar refractivity (Wildman–Crippen MR) is 95.0 cm³/mol. The van der Waals surface area contributed by atoms with Crippen LogP contribution in [0.25, 0.3) is 5.69 Å². The molecule has 1 aromatic heterocycles. The summed E-state index contributed by atoms with van der Waals surface area (Å²) in [6.45, 7) is 3.96. The molecule has 0 atom stereocenters. The van der Waals surface area contributed by atoms with E-state index in [-0.39, 0.29) is 5.92 Å². The number of halogens is 1. The number of ether oxygens (including phenoxy) is 1. The molecule has 0 bridgehead atoms. The fourth-order valence-electron chi connectivity index (χ4n) is 2.31. The van der Waals surface area contributed by atoms with Crippen LogP contribution in [-0.4, -0.2) is 41.1 Å². The molecule has 0 spiro atoms. The van der Waals surface area contributed by atoms with E-state index < -0.39 is 12.1 Å². The van der Waals surface area contributed by atoms with E-state index in [0.29, 0.717) is 16.4 Å². The van der Waals surface area contributed by atoms with Gasteiger partial charge in [0.2, 0.25) is 0 Å². The highest BCUT2D eigenvalue weighted by Gasteiger charge is 2.19. The van der Waals surface area contributed by atoms with Crippen molar-refractivity contribution >= 4 is 29.4 Å². The Morgan fingerprint density at radius 1 is 1.32 bits per heavy atom. The van der Waals surface area contributed by atoms with Gasteiger partial charge in [0, 0.05) is 7.05 Å². The van der Waals surface area contributed by atoms with Gasteiger partial charge in [-0.2, -0.15) is 5.10 Å². The Labute approximate surface area is 150 Å². The monoisotopic (exact) mass is 365 g/mol. The highest BCUT2D eigenvalue weighted by Crippen LogP contribution is 2.29. The summed E-state index contributed by atoms with van der Waals surface area (Å²) in [6, 6.07) is 6.72. The Morgan fingerprint density at radius 2 is 2.00 bits per heavy atom. The zero-order valence-corrected chi connectivity index (χ0v) is 15.2. The molecular weight excluding hydrogens is 346 g/mol. The number of rotatable bonds is 3. The van der Waals surface area contributed by atoms with Gasteiger partial charge in [0.25, 0.3) is 0 Å². The third-order valence-corrected chi connectivity index (χ3v) is 3.72. The maximum Gasteiger partial charge on any atom is 0.428 e. The highest BCUT2D eigenvalue weighted by molar-refractivity contribution is 6.32. The maximum atomic E-state index is 12.1. The first-order valence-corrected chi connectivity index (χ1v) is 7.95. The Balaban J connectivity index is 2.27. The zero-order chi connectivity index (χ0) is 18.6. The number of urea groups is 1. The zero-order valence-electron chi connectivity index (χ0n) is 14.4.